The predicted octanol–water partition coefficient (Wildman–Crippen LogP) is 3.19. The van der Waals surface area contributed by atoms with Gasteiger partial charge in [-0.1, -0.05) is 17.7 Å². The summed E-state index contributed by atoms with van der Waals surface area (Å²) in [5, 5.41) is 0.805. The van der Waals surface area contributed by atoms with E-state index in [0.717, 1.165) is 18.1 Å². The zero-order valence-corrected chi connectivity index (χ0v) is 8.30. The molecule has 66 valence electrons. The highest BCUT2D eigenvalue weighted by Crippen LogP contribution is 2.18. The average molecular weight is 184 g/mol. The lowest BCUT2D eigenvalue weighted by molar-refractivity contribution is 0.866. The summed E-state index contributed by atoms with van der Waals surface area (Å²) in [5.74, 6) is 0. The molecule has 0 N–H and O–H groups in total. The Labute approximate surface area is 79.0 Å². The molecule has 0 radical (unpaired) electrons. The van der Waals surface area contributed by atoms with Gasteiger partial charge in [0.25, 0.3) is 0 Å². The molecule has 1 nitrogen and oxygen atoms in total. The Morgan fingerprint density at radius 3 is 2.42 bits per heavy atom. The second-order valence-electron chi connectivity index (χ2n) is 2.65. The lowest BCUT2D eigenvalue weighted by Gasteiger charge is -2.20. The first-order valence-corrected chi connectivity index (χ1v) is 4.66. The van der Waals surface area contributed by atoms with Gasteiger partial charge in [-0.2, -0.15) is 0 Å². The molecule has 0 aliphatic heterocycles. The quantitative estimate of drug-likeness (QED) is 0.696. The molecule has 0 saturated carbocycles. The van der Waals surface area contributed by atoms with Crippen molar-refractivity contribution < 1.29 is 0 Å². The summed E-state index contributed by atoms with van der Waals surface area (Å²) in [6.07, 6.45) is 0. The lowest BCUT2D eigenvalue weighted by atomic mass is 10.3. The van der Waals surface area contributed by atoms with E-state index in [-0.39, 0.29) is 0 Å². The van der Waals surface area contributed by atoms with E-state index >= 15 is 0 Å². The van der Waals surface area contributed by atoms with E-state index < -0.39 is 0 Å². The van der Waals surface area contributed by atoms with Crippen molar-refractivity contribution in [2.45, 2.75) is 13.8 Å². The first-order chi connectivity index (χ1) is 5.77. The van der Waals surface area contributed by atoms with Crippen molar-refractivity contribution >= 4 is 17.3 Å². The maximum atomic E-state index is 5.88. The van der Waals surface area contributed by atoms with Crippen LogP contribution in [-0.2, 0) is 0 Å². The average Bonchev–Trinajstić information content (AvgIpc) is 2.07. The number of hydrogen-bond acceptors (Lipinski definition) is 1. The van der Waals surface area contributed by atoms with E-state index in [1.165, 1.54) is 5.69 Å². The highest BCUT2D eigenvalue weighted by Gasteiger charge is 2.00. The van der Waals surface area contributed by atoms with Gasteiger partial charge in [0, 0.05) is 23.8 Å². The Balaban J connectivity index is 2.85. The van der Waals surface area contributed by atoms with Gasteiger partial charge in [-0.25, -0.2) is 0 Å². The zero-order valence-electron chi connectivity index (χ0n) is 7.55. The summed E-state index contributed by atoms with van der Waals surface area (Å²) in [6.45, 7) is 6.34. The van der Waals surface area contributed by atoms with E-state index in [1.807, 2.05) is 18.2 Å². The molecule has 1 rings (SSSR count). The van der Waals surface area contributed by atoms with Crippen molar-refractivity contribution in [3.8, 4) is 0 Å². The second-order valence-corrected chi connectivity index (χ2v) is 3.09. The van der Waals surface area contributed by atoms with E-state index in [1.54, 1.807) is 0 Å². The molecule has 2 heteroatoms. The number of anilines is 1. The Kier molecular flexibility index (Phi) is 3.42. The van der Waals surface area contributed by atoms with E-state index in [4.69, 9.17) is 11.6 Å². The standard InChI is InChI=1S/C10H14ClN/c1-3-12(4-2)10-7-5-6-9(11)8-10/h5-8H,3-4H2,1-2H3. The number of hydrogen-bond donors (Lipinski definition) is 0. The maximum Gasteiger partial charge on any atom is 0.0426 e. The van der Waals surface area contributed by atoms with Crippen molar-refractivity contribution in [2.24, 2.45) is 0 Å². The monoisotopic (exact) mass is 183 g/mol. The molecule has 0 heterocycles. The summed E-state index contributed by atoms with van der Waals surface area (Å²) in [6, 6.07) is 7.96. The molecule has 0 fully saturated rings. The first-order valence-electron chi connectivity index (χ1n) is 4.28. The van der Waals surface area contributed by atoms with Gasteiger partial charge in [0.1, 0.15) is 0 Å². The van der Waals surface area contributed by atoms with E-state index in [9.17, 15) is 0 Å². The molecule has 0 atom stereocenters. The minimum atomic E-state index is 0.805. The van der Waals surface area contributed by atoms with Crippen LogP contribution in [0.25, 0.3) is 0 Å². The van der Waals surface area contributed by atoms with Crippen LogP contribution in [0.1, 0.15) is 13.8 Å². The minimum Gasteiger partial charge on any atom is -0.372 e. The van der Waals surface area contributed by atoms with E-state index in [0.29, 0.717) is 0 Å². The second kappa shape index (κ2) is 4.36. The third kappa shape index (κ3) is 2.15. The summed E-state index contributed by atoms with van der Waals surface area (Å²) in [4.78, 5) is 2.27. The van der Waals surface area contributed by atoms with Crippen LogP contribution in [0.15, 0.2) is 24.3 Å². The first kappa shape index (κ1) is 9.40. The predicted molar refractivity (Wildman–Crippen MR) is 55.0 cm³/mol. The molecule has 1 aromatic carbocycles. The molecular formula is C10H14ClN. The minimum absolute atomic E-state index is 0.805. The van der Waals surface area contributed by atoms with Gasteiger partial charge >= 0.3 is 0 Å². The van der Waals surface area contributed by atoms with Crippen molar-refractivity contribution in [1.29, 1.82) is 0 Å². The van der Waals surface area contributed by atoms with Crippen molar-refractivity contribution in [1.82, 2.24) is 0 Å². The van der Waals surface area contributed by atoms with Crippen molar-refractivity contribution in [3.05, 3.63) is 29.3 Å². The van der Waals surface area contributed by atoms with Crippen LogP contribution in [-0.4, -0.2) is 13.1 Å². The molecule has 0 unspecified atom stereocenters. The Morgan fingerprint density at radius 2 is 1.92 bits per heavy atom. The summed E-state index contributed by atoms with van der Waals surface area (Å²) >= 11 is 5.88. The Hall–Kier alpha value is -0.690. The molecule has 0 saturated heterocycles. The van der Waals surface area contributed by atoms with Crippen LogP contribution in [0.2, 0.25) is 5.02 Å². The van der Waals surface area contributed by atoms with Gasteiger partial charge < -0.3 is 4.90 Å². The molecule has 0 amide bonds. The topological polar surface area (TPSA) is 3.24 Å². The largest absolute Gasteiger partial charge is 0.372 e. The van der Waals surface area contributed by atoms with Crippen molar-refractivity contribution in [3.63, 3.8) is 0 Å². The number of rotatable bonds is 3. The van der Waals surface area contributed by atoms with Crippen molar-refractivity contribution in [2.75, 3.05) is 18.0 Å². The fourth-order valence-corrected chi connectivity index (χ4v) is 1.45. The molecule has 0 aromatic heterocycles. The normalized spacial score (nSPS) is 9.92. The van der Waals surface area contributed by atoms with Gasteiger partial charge in [0.2, 0.25) is 0 Å². The van der Waals surface area contributed by atoms with Gasteiger partial charge in [0.15, 0.2) is 0 Å². The Morgan fingerprint density at radius 1 is 1.25 bits per heavy atom. The summed E-state index contributed by atoms with van der Waals surface area (Å²) in [5.41, 5.74) is 1.20. The third-order valence-electron chi connectivity index (χ3n) is 1.94. The zero-order chi connectivity index (χ0) is 8.97. The number of benzene rings is 1. The highest BCUT2D eigenvalue weighted by molar-refractivity contribution is 6.30. The van der Waals surface area contributed by atoms with Gasteiger partial charge in [0.05, 0.1) is 0 Å². The van der Waals surface area contributed by atoms with Crippen LogP contribution in [0, 0.1) is 0 Å². The van der Waals surface area contributed by atoms with E-state index in [2.05, 4.69) is 24.8 Å². The SMILES string of the molecule is CCN(CC)c1cccc(Cl)c1. The highest BCUT2D eigenvalue weighted by atomic mass is 35.5. The van der Waals surface area contributed by atoms with Gasteiger partial charge in [-0.05, 0) is 32.0 Å². The molecule has 12 heavy (non-hydrogen) atoms. The molecule has 0 aliphatic carbocycles. The maximum absolute atomic E-state index is 5.88. The van der Waals surface area contributed by atoms with Gasteiger partial charge in [-0.15, -0.1) is 0 Å². The van der Waals surface area contributed by atoms with Crippen LogP contribution in [0.4, 0.5) is 5.69 Å². The number of nitrogens with zero attached hydrogens (tertiary/aromatic N) is 1. The Bertz CT molecular complexity index is 243. The third-order valence-corrected chi connectivity index (χ3v) is 2.17. The van der Waals surface area contributed by atoms with Gasteiger partial charge in [-0.3, -0.25) is 0 Å². The summed E-state index contributed by atoms with van der Waals surface area (Å²) in [7, 11) is 0. The lowest BCUT2D eigenvalue weighted by Crippen LogP contribution is -2.21. The van der Waals surface area contributed by atoms with Crippen LogP contribution in [0.3, 0.4) is 0 Å². The smallest absolute Gasteiger partial charge is 0.0426 e. The number of halogens is 1. The molecule has 0 spiro atoms. The van der Waals surface area contributed by atoms with Crippen LogP contribution in [0.5, 0.6) is 0 Å². The molecule has 0 aliphatic rings. The molecular weight excluding hydrogens is 170 g/mol. The summed E-state index contributed by atoms with van der Waals surface area (Å²) < 4.78 is 0. The fraction of sp³-hybridized carbons (Fsp3) is 0.400. The van der Waals surface area contributed by atoms with Crippen LogP contribution >= 0.6 is 11.6 Å². The van der Waals surface area contributed by atoms with Crippen LogP contribution < -0.4 is 4.90 Å². The molecule has 0 bridgehead atoms. The molecule has 1 aromatic rings. The fourth-order valence-electron chi connectivity index (χ4n) is 1.26.